The van der Waals surface area contributed by atoms with Gasteiger partial charge >= 0.3 is 0 Å². The molecule has 2 aromatic carbocycles. The third-order valence-electron chi connectivity index (χ3n) is 3.98. The van der Waals surface area contributed by atoms with Gasteiger partial charge in [0, 0.05) is 10.0 Å². The van der Waals surface area contributed by atoms with Crippen LogP contribution in [0.5, 0.6) is 0 Å². The lowest BCUT2D eigenvalue weighted by atomic mass is 10.1. The first-order valence-electron chi connectivity index (χ1n) is 7.82. The average molecular weight is 429 g/mol. The van der Waals surface area contributed by atoms with Crippen molar-refractivity contribution in [3.05, 3.63) is 58.1 Å². The smallest absolute Gasteiger partial charge is 0.276 e. The largest absolute Gasteiger partial charge is 0.320 e. The zero-order valence-electron chi connectivity index (χ0n) is 13.7. The molecule has 1 fully saturated rings. The van der Waals surface area contributed by atoms with Crippen LogP contribution in [0, 0.1) is 6.92 Å². The number of aryl methyl sites for hydroxylation is 1. The van der Waals surface area contributed by atoms with E-state index in [1.165, 1.54) is 16.7 Å². The van der Waals surface area contributed by atoms with Crippen molar-refractivity contribution in [2.45, 2.75) is 6.92 Å². The maximum atomic E-state index is 12.3. The summed E-state index contributed by atoms with van der Waals surface area (Å²) in [5.41, 5.74) is 3.45. The first-order chi connectivity index (χ1) is 12.5. The highest BCUT2D eigenvalue weighted by Gasteiger charge is 2.31. The van der Waals surface area contributed by atoms with Gasteiger partial charge in [-0.2, -0.15) is 0 Å². The molecule has 2 aliphatic heterocycles. The zero-order valence-corrected chi connectivity index (χ0v) is 16.1. The fourth-order valence-electron chi connectivity index (χ4n) is 2.74. The standard InChI is InChI=1S/C18H13BrN4O2S/c1-10-2-7-14-13(8-10)16(17(25)20-14)21-22-18-23(15(24)9-26-18)12-5-3-11(19)4-6-12/h2-8H,9H2,1H3,(H,20,21,25). The number of benzene rings is 2. The summed E-state index contributed by atoms with van der Waals surface area (Å²) in [6.07, 6.45) is 0. The normalized spacial score (nSPS) is 19.4. The van der Waals surface area contributed by atoms with Gasteiger partial charge in [-0.15, -0.1) is 10.2 Å². The molecule has 0 aromatic heterocycles. The van der Waals surface area contributed by atoms with Crippen LogP contribution in [-0.2, 0) is 9.59 Å². The summed E-state index contributed by atoms with van der Waals surface area (Å²) in [4.78, 5) is 26.0. The van der Waals surface area contributed by atoms with Crippen molar-refractivity contribution in [1.29, 1.82) is 0 Å². The number of halogens is 1. The molecule has 2 amide bonds. The lowest BCUT2D eigenvalue weighted by Crippen LogP contribution is -2.29. The van der Waals surface area contributed by atoms with E-state index in [-0.39, 0.29) is 17.5 Å². The molecule has 1 N–H and O–H groups in total. The van der Waals surface area contributed by atoms with Crippen LogP contribution in [0.25, 0.3) is 0 Å². The van der Waals surface area contributed by atoms with Crippen molar-refractivity contribution in [3.63, 3.8) is 0 Å². The molecule has 0 spiro atoms. The molecule has 4 rings (SSSR count). The summed E-state index contributed by atoms with van der Waals surface area (Å²) >= 11 is 4.68. The molecule has 130 valence electrons. The highest BCUT2D eigenvalue weighted by molar-refractivity contribution is 9.10. The van der Waals surface area contributed by atoms with Crippen LogP contribution in [0.1, 0.15) is 11.1 Å². The van der Waals surface area contributed by atoms with Crippen LogP contribution in [-0.4, -0.2) is 28.4 Å². The number of hydrogen-bond acceptors (Lipinski definition) is 5. The predicted molar refractivity (Wildman–Crippen MR) is 108 cm³/mol. The third kappa shape index (κ3) is 3.06. The van der Waals surface area contributed by atoms with Gasteiger partial charge in [0.05, 0.1) is 17.1 Å². The molecule has 6 nitrogen and oxygen atoms in total. The molecule has 8 heteroatoms. The van der Waals surface area contributed by atoms with Gasteiger partial charge in [0.15, 0.2) is 10.9 Å². The Morgan fingerprint density at radius 3 is 2.65 bits per heavy atom. The third-order valence-corrected chi connectivity index (χ3v) is 5.42. The quantitative estimate of drug-likeness (QED) is 0.743. The minimum absolute atomic E-state index is 0.0663. The van der Waals surface area contributed by atoms with Crippen LogP contribution in [0.3, 0.4) is 0 Å². The van der Waals surface area contributed by atoms with Gasteiger partial charge in [0.2, 0.25) is 5.91 Å². The highest BCUT2D eigenvalue weighted by atomic mass is 79.9. The summed E-state index contributed by atoms with van der Waals surface area (Å²) in [6, 6.07) is 13.0. The molecule has 1 saturated heterocycles. The number of carbonyl (C=O) groups excluding carboxylic acids is 2. The topological polar surface area (TPSA) is 74.1 Å². The summed E-state index contributed by atoms with van der Waals surface area (Å²) in [5.74, 6) is -0.0652. The second kappa shape index (κ2) is 6.69. The van der Waals surface area contributed by atoms with E-state index in [0.717, 1.165) is 21.3 Å². The number of rotatable bonds is 2. The van der Waals surface area contributed by atoms with Crippen molar-refractivity contribution < 1.29 is 9.59 Å². The zero-order chi connectivity index (χ0) is 18.3. The van der Waals surface area contributed by atoms with E-state index < -0.39 is 0 Å². The Labute approximate surface area is 162 Å². The lowest BCUT2D eigenvalue weighted by Gasteiger charge is -2.15. The molecular formula is C18H13BrN4O2S. The number of amidine groups is 1. The van der Waals surface area contributed by atoms with Crippen LogP contribution in [0.4, 0.5) is 11.4 Å². The van der Waals surface area contributed by atoms with Crippen LogP contribution in [0.15, 0.2) is 57.1 Å². The number of amides is 2. The van der Waals surface area contributed by atoms with Gasteiger partial charge in [-0.3, -0.25) is 14.5 Å². The fraction of sp³-hybridized carbons (Fsp3) is 0.111. The van der Waals surface area contributed by atoms with Crippen LogP contribution in [0.2, 0.25) is 0 Å². The number of fused-ring (bicyclic) bond motifs is 1. The molecule has 0 saturated carbocycles. The number of anilines is 2. The van der Waals surface area contributed by atoms with E-state index in [2.05, 4.69) is 31.4 Å². The first-order valence-corrected chi connectivity index (χ1v) is 9.60. The molecule has 2 aromatic rings. The monoisotopic (exact) mass is 428 g/mol. The van der Waals surface area contributed by atoms with Crippen molar-refractivity contribution in [2.75, 3.05) is 16.0 Å². The number of hydrogen-bond donors (Lipinski definition) is 1. The molecule has 0 atom stereocenters. The molecule has 0 unspecified atom stereocenters. The number of nitrogens with zero attached hydrogens (tertiary/aromatic N) is 3. The van der Waals surface area contributed by atoms with Crippen LogP contribution < -0.4 is 10.2 Å². The Morgan fingerprint density at radius 2 is 1.88 bits per heavy atom. The average Bonchev–Trinajstić information content (AvgIpc) is 3.13. The Bertz CT molecular complexity index is 985. The van der Waals surface area contributed by atoms with E-state index in [0.29, 0.717) is 16.6 Å². The fourth-order valence-corrected chi connectivity index (χ4v) is 3.82. The summed E-state index contributed by atoms with van der Waals surface area (Å²) < 4.78 is 0.925. The first kappa shape index (κ1) is 17.0. The second-order valence-electron chi connectivity index (χ2n) is 5.83. The van der Waals surface area contributed by atoms with Crippen molar-refractivity contribution in [3.8, 4) is 0 Å². The second-order valence-corrected chi connectivity index (χ2v) is 7.69. The maximum absolute atomic E-state index is 12.3. The Balaban J connectivity index is 1.71. The summed E-state index contributed by atoms with van der Waals surface area (Å²) in [5, 5.41) is 11.6. The summed E-state index contributed by atoms with van der Waals surface area (Å²) in [7, 11) is 0. The van der Waals surface area contributed by atoms with E-state index in [1.54, 1.807) is 0 Å². The Morgan fingerprint density at radius 1 is 1.12 bits per heavy atom. The molecule has 0 aliphatic carbocycles. The molecular weight excluding hydrogens is 416 g/mol. The van der Waals surface area contributed by atoms with Gasteiger partial charge < -0.3 is 5.32 Å². The number of carbonyl (C=O) groups is 2. The molecule has 0 radical (unpaired) electrons. The van der Waals surface area contributed by atoms with E-state index in [4.69, 9.17) is 0 Å². The lowest BCUT2D eigenvalue weighted by molar-refractivity contribution is -0.115. The molecule has 2 aliphatic rings. The van der Waals surface area contributed by atoms with E-state index in [1.807, 2.05) is 49.4 Å². The van der Waals surface area contributed by atoms with Gasteiger partial charge in [0.1, 0.15) is 0 Å². The van der Waals surface area contributed by atoms with Crippen molar-refractivity contribution in [1.82, 2.24) is 0 Å². The highest BCUT2D eigenvalue weighted by Crippen LogP contribution is 2.29. The number of nitrogens with one attached hydrogen (secondary N) is 1. The summed E-state index contributed by atoms with van der Waals surface area (Å²) in [6.45, 7) is 1.95. The van der Waals surface area contributed by atoms with Crippen molar-refractivity contribution in [2.24, 2.45) is 10.2 Å². The molecule has 0 bridgehead atoms. The Hall–Kier alpha value is -2.45. The SMILES string of the molecule is Cc1ccc2c(c1)C(=NN=C1SCC(=O)N1c1ccc(Br)cc1)C(=O)N2. The number of thioether (sulfide) groups is 1. The van der Waals surface area contributed by atoms with Gasteiger partial charge in [-0.25, -0.2) is 0 Å². The molecule has 2 heterocycles. The van der Waals surface area contributed by atoms with Gasteiger partial charge in [-0.05, 0) is 43.3 Å². The predicted octanol–water partition coefficient (Wildman–Crippen LogP) is 3.55. The van der Waals surface area contributed by atoms with Gasteiger partial charge in [-0.1, -0.05) is 39.3 Å². The Kier molecular flexibility index (Phi) is 4.37. The van der Waals surface area contributed by atoms with Gasteiger partial charge in [0.25, 0.3) is 5.91 Å². The maximum Gasteiger partial charge on any atom is 0.276 e. The van der Waals surface area contributed by atoms with Crippen LogP contribution >= 0.6 is 27.7 Å². The minimum Gasteiger partial charge on any atom is -0.320 e. The van der Waals surface area contributed by atoms with E-state index in [9.17, 15) is 9.59 Å². The van der Waals surface area contributed by atoms with E-state index >= 15 is 0 Å². The van der Waals surface area contributed by atoms with Crippen molar-refractivity contribution >= 4 is 61.8 Å². The minimum atomic E-state index is -0.292. The molecule has 26 heavy (non-hydrogen) atoms.